The number of rotatable bonds is 6. The number of benzene rings is 1. The number of hydrogen-bond acceptors (Lipinski definition) is 1. The van der Waals surface area contributed by atoms with Crippen molar-refractivity contribution in [3.05, 3.63) is 35.4 Å². The van der Waals surface area contributed by atoms with Crippen molar-refractivity contribution in [3.8, 4) is 0 Å². The average molecular weight is 233 g/mol. The molecule has 1 N–H and O–H groups in total. The number of nitrogens with one attached hydrogen (secondary N) is 1. The molecule has 0 aromatic heterocycles. The predicted molar refractivity (Wildman–Crippen MR) is 76.3 cm³/mol. The Bertz CT molecular complexity index is 330. The third-order valence-electron chi connectivity index (χ3n) is 3.37. The van der Waals surface area contributed by atoms with Gasteiger partial charge < -0.3 is 5.32 Å². The second-order valence-corrected chi connectivity index (χ2v) is 5.62. The predicted octanol–water partition coefficient (Wildman–Crippen LogP) is 4.47. The molecule has 96 valence electrons. The van der Waals surface area contributed by atoms with Crippen molar-refractivity contribution in [1.29, 1.82) is 0 Å². The third kappa shape index (κ3) is 4.91. The normalized spacial score (nSPS) is 14.9. The number of aryl methyl sites for hydroxylation is 1. The standard InChI is InChI=1S/C16H27N/c1-12(2)10-11-14(4)17-15(5)16-9-7-6-8-13(16)3/h6-9,12,14-15,17H,10-11H2,1-5H3/t14?,15-/m0/s1. The number of hydrogen-bond donors (Lipinski definition) is 1. The lowest BCUT2D eigenvalue weighted by Crippen LogP contribution is -2.29. The van der Waals surface area contributed by atoms with Crippen LogP contribution in [0.2, 0.25) is 0 Å². The highest BCUT2D eigenvalue weighted by molar-refractivity contribution is 5.28. The summed E-state index contributed by atoms with van der Waals surface area (Å²) in [4.78, 5) is 0. The van der Waals surface area contributed by atoms with Gasteiger partial charge in [-0.05, 0) is 50.7 Å². The first-order chi connectivity index (χ1) is 8.00. The summed E-state index contributed by atoms with van der Waals surface area (Å²) in [6, 6.07) is 9.67. The highest BCUT2D eigenvalue weighted by Gasteiger charge is 2.11. The van der Waals surface area contributed by atoms with Crippen LogP contribution in [0.4, 0.5) is 0 Å². The molecule has 1 unspecified atom stereocenters. The summed E-state index contributed by atoms with van der Waals surface area (Å²) in [7, 11) is 0. The molecule has 0 aliphatic heterocycles. The molecule has 0 aliphatic rings. The van der Waals surface area contributed by atoms with E-state index in [1.165, 1.54) is 24.0 Å². The van der Waals surface area contributed by atoms with Crippen molar-refractivity contribution in [2.24, 2.45) is 5.92 Å². The van der Waals surface area contributed by atoms with Crippen LogP contribution in [0, 0.1) is 12.8 Å². The molecule has 0 radical (unpaired) electrons. The van der Waals surface area contributed by atoms with Gasteiger partial charge in [-0.3, -0.25) is 0 Å². The Morgan fingerprint density at radius 1 is 1.00 bits per heavy atom. The van der Waals surface area contributed by atoms with Gasteiger partial charge in [0.05, 0.1) is 0 Å². The van der Waals surface area contributed by atoms with Crippen molar-refractivity contribution in [2.75, 3.05) is 0 Å². The minimum atomic E-state index is 0.443. The molecular formula is C16H27N. The maximum Gasteiger partial charge on any atom is 0.0296 e. The minimum Gasteiger partial charge on any atom is -0.308 e. The molecule has 0 bridgehead atoms. The Balaban J connectivity index is 2.49. The van der Waals surface area contributed by atoms with Crippen LogP contribution in [0.25, 0.3) is 0 Å². The lowest BCUT2D eigenvalue weighted by Gasteiger charge is -2.22. The van der Waals surface area contributed by atoms with Gasteiger partial charge in [0.15, 0.2) is 0 Å². The van der Waals surface area contributed by atoms with E-state index in [-0.39, 0.29) is 0 Å². The highest BCUT2D eigenvalue weighted by Crippen LogP contribution is 2.18. The summed E-state index contributed by atoms with van der Waals surface area (Å²) in [6.45, 7) is 11.3. The molecule has 0 fully saturated rings. The largest absolute Gasteiger partial charge is 0.308 e. The van der Waals surface area contributed by atoms with Crippen LogP contribution >= 0.6 is 0 Å². The first-order valence-electron chi connectivity index (χ1n) is 6.82. The van der Waals surface area contributed by atoms with Gasteiger partial charge in [-0.25, -0.2) is 0 Å². The molecule has 1 aromatic carbocycles. The fraction of sp³-hybridized carbons (Fsp3) is 0.625. The highest BCUT2D eigenvalue weighted by atomic mass is 14.9. The quantitative estimate of drug-likeness (QED) is 0.764. The SMILES string of the molecule is Cc1ccccc1[C@H](C)NC(C)CCC(C)C. The average Bonchev–Trinajstić information content (AvgIpc) is 2.26. The van der Waals surface area contributed by atoms with Crippen LogP contribution in [-0.2, 0) is 0 Å². The van der Waals surface area contributed by atoms with Gasteiger partial charge in [-0.1, -0.05) is 38.1 Å². The van der Waals surface area contributed by atoms with E-state index in [0.717, 1.165) is 5.92 Å². The lowest BCUT2D eigenvalue weighted by atomic mass is 10.00. The van der Waals surface area contributed by atoms with Gasteiger partial charge >= 0.3 is 0 Å². The second-order valence-electron chi connectivity index (χ2n) is 5.62. The van der Waals surface area contributed by atoms with Crippen molar-refractivity contribution < 1.29 is 0 Å². The maximum atomic E-state index is 3.69. The molecule has 1 heteroatoms. The van der Waals surface area contributed by atoms with Crippen LogP contribution in [0.5, 0.6) is 0 Å². The summed E-state index contributed by atoms with van der Waals surface area (Å²) in [5.74, 6) is 0.799. The van der Waals surface area contributed by atoms with E-state index in [9.17, 15) is 0 Å². The fourth-order valence-corrected chi connectivity index (χ4v) is 2.26. The van der Waals surface area contributed by atoms with Gasteiger partial charge in [-0.2, -0.15) is 0 Å². The Morgan fingerprint density at radius 3 is 2.24 bits per heavy atom. The molecule has 0 heterocycles. The van der Waals surface area contributed by atoms with Crippen LogP contribution in [0.15, 0.2) is 24.3 Å². The molecule has 0 aliphatic carbocycles. The summed E-state index contributed by atoms with van der Waals surface area (Å²) >= 11 is 0. The van der Waals surface area contributed by atoms with Gasteiger partial charge in [0.25, 0.3) is 0 Å². The molecule has 0 saturated carbocycles. The van der Waals surface area contributed by atoms with E-state index in [0.29, 0.717) is 12.1 Å². The van der Waals surface area contributed by atoms with Crippen molar-refractivity contribution >= 4 is 0 Å². The van der Waals surface area contributed by atoms with Crippen molar-refractivity contribution in [1.82, 2.24) is 5.32 Å². The molecule has 0 saturated heterocycles. The lowest BCUT2D eigenvalue weighted by molar-refractivity contribution is 0.416. The van der Waals surface area contributed by atoms with Gasteiger partial charge in [0, 0.05) is 12.1 Å². The van der Waals surface area contributed by atoms with Crippen LogP contribution < -0.4 is 5.32 Å². The van der Waals surface area contributed by atoms with E-state index in [4.69, 9.17) is 0 Å². The molecule has 0 amide bonds. The van der Waals surface area contributed by atoms with Crippen molar-refractivity contribution in [2.45, 2.75) is 59.5 Å². The molecule has 1 nitrogen and oxygen atoms in total. The van der Waals surface area contributed by atoms with Crippen LogP contribution in [0.1, 0.15) is 57.7 Å². The molecule has 2 atom stereocenters. The van der Waals surface area contributed by atoms with Gasteiger partial charge in [0.2, 0.25) is 0 Å². The third-order valence-corrected chi connectivity index (χ3v) is 3.37. The fourth-order valence-electron chi connectivity index (χ4n) is 2.26. The molecule has 0 spiro atoms. The zero-order valence-electron chi connectivity index (χ0n) is 12.0. The Morgan fingerprint density at radius 2 is 1.65 bits per heavy atom. The van der Waals surface area contributed by atoms with E-state index < -0.39 is 0 Å². The zero-order valence-corrected chi connectivity index (χ0v) is 12.0. The first kappa shape index (κ1) is 14.2. The van der Waals surface area contributed by atoms with E-state index in [1.54, 1.807) is 0 Å². The molecular weight excluding hydrogens is 206 g/mol. The molecule has 1 rings (SSSR count). The van der Waals surface area contributed by atoms with Crippen LogP contribution in [0.3, 0.4) is 0 Å². The first-order valence-corrected chi connectivity index (χ1v) is 6.82. The summed E-state index contributed by atoms with van der Waals surface area (Å²) in [5.41, 5.74) is 2.80. The summed E-state index contributed by atoms with van der Waals surface area (Å²) in [5, 5.41) is 3.69. The monoisotopic (exact) mass is 233 g/mol. The molecule has 17 heavy (non-hydrogen) atoms. The van der Waals surface area contributed by atoms with Gasteiger partial charge in [0.1, 0.15) is 0 Å². The Labute approximate surface area is 107 Å². The molecule has 1 aromatic rings. The van der Waals surface area contributed by atoms with Gasteiger partial charge in [-0.15, -0.1) is 0 Å². The Kier molecular flexibility index (Phi) is 5.70. The van der Waals surface area contributed by atoms with E-state index in [2.05, 4.69) is 64.2 Å². The van der Waals surface area contributed by atoms with Crippen LogP contribution in [-0.4, -0.2) is 6.04 Å². The second kappa shape index (κ2) is 6.80. The summed E-state index contributed by atoms with van der Waals surface area (Å²) < 4.78 is 0. The van der Waals surface area contributed by atoms with Crippen molar-refractivity contribution in [3.63, 3.8) is 0 Å². The van der Waals surface area contributed by atoms with E-state index in [1.807, 2.05) is 0 Å². The van der Waals surface area contributed by atoms with E-state index >= 15 is 0 Å². The summed E-state index contributed by atoms with van der Waals surface area (Å²) in [6.07, 6.45) is 2.56. The topological polar surface area (TPSA) is 12.0 Å². The Hall–Kier alpha value is -0.820. The minimum absolute atomic E-state index is 0.443. The maximum absolute atomic E-state index is 3.69. The smallest absolute Gasteiger partial charge is 0.0296 e. The zero-order chi connectivity index (χ0) is 12.8.